The van der Waals surface area contributed by atoms with Crippen molar-refractivity contribution in [1.29, 1.82) is 0 Å². The Morgan fingerprint density at radius 3 is 2.56 bits per heavy atom. The summed E-state index contributed by atoms with van der Waals surface area (Å²) in [7, 11) is 0. The highest BCUT2D eigenvalue weighted by molar-refractivity contribution is 5.81. The summed E-state index contributed by atoms with van der Waals surface area (Å²) in [5.74, 6) is 0.0106. The minimum atomic E-state index is -0.339. The number of nitrogens with one attached hydrogen (secondary N) is 1. The van der Waals surface area contributed by atoms with Gasteiger partial charge in [0.15, 0.2) is 0 Å². The van der Waals surface area contributed by atoms with E-state index in [0.717, 1.165) is 25.9 Å². The molecule has 1 rings (SSSR count). The van der Waals surface area contributed by atoms with Crippen molar-refractivity contribution in [1.82, 2.24) is 10.2 Å². The zero-order valence-corrected chi connectivity index (χ0v) is 10.5. The van der Waals surface area contributed by atoms with Gasteiger partial charge in [-0.25, -0.2) is 0 Å². The molecule has 0 aromatic carbocycles. The van der Waals surface area contributed by atoms with E-state index in [0.29, 0.717) is 12.5 Å². The van der Waals surface area contributed by atoms with Crippen molar-refractivity contribution in [3.63, 3.8) is 0 Å². The second kappa shape index (κ2) is 6.86. The summed E-state index contributed by atoms with van der Waals surface area (Å²) in [4.78, 5) is 14.1. The zero-order chi connectivity index (χ0) is 12.0. The minimum absolute atomic E-state index is 0.0106. The summed E-state index contributed by atoms with van der Waals surface area (Å²) in [6.07, 6.45) is 4.03. The van der Waals surface area contributed by atoms with Crippen molar-refractivity contribution in [2.45, 2.75) is 51.6 Å². The number of rotatable bonds is 5. The predicted octanol–water partition coefficient (Wildman–Crippen LogP) is 0.714. The Labute approximate surface area is 98.6 Å². The Bertz CT molecular complexity index is 212. The first-order valence-electron chi connectivity index (χ1n) is 6.45. The molecule has 0 aromatic heterocycles. The van der Waals surface area contributed by atoms with Crippen LogP contribution in [0.3, 0.4) is 0 Å². The maximum absolute atomic E-state index is 11.6. The molecule has 0 bridgehead atoms. The van der Waals surface area contributed by atoms with Crippen LogP contribution in [0, 0.1) is 0 Å². The lowest BCUT2D eigenvalue weighted by Gasteiger charge is -2.32. The van der Waals surface area contributed by atoms with Crippen molar-refractivity contribution >= 4 is 5.91 Å². The summed E-state index contributed by atoms with van der Waals surface area (Å²) in [5.41, 5.74) is 5.69. The van der Waals surface area contributed by atoms with Gasteiger partial charge in [0.2, 0.25) is 5.91 Å². The predicted molar refractivity (Wildman–Crippen MR) is 66.2 cm³/mol. The first-order chi connectivity index (χ1) is 7.67. The number of hydrogen-bond acceptors (Lipinski definition) is 3. The van der Waals surface area contributed by atoms with E-state index in [1.165, 1.54) is 13.0 Å². The molecular weight excluding hydrogens is 202 g/mol. The van der Waals surface area contributed by atoms with Crippen LogP contribution < -0.4 is 11.1 Å². The van der Waals surface area contributed by atoms with Crippen LogP contribution in [0.5, 0.6) is 0 Å². The number of piperidine rings is 1. The largest absolute Gasteiger partial charge is 0.352 e. The van der Waals surface area contributed by atoms with Gasteiger partial charge in [0, 0.05) is 19.1 Å². The molecule has 1 unspecified atom stereocenters. The Balaban J connectivity index is 2.24. The molecule has 3 N–H and O–H groups in total. The molecule has 94 valence electrons. The number of likely N-dealkylation sites (tertiary alicyclic amines) is 1. The van der Waals surface area contributed by atoms with E-state index < -0.39 is 0 Å². The van der Waals surface area contributed by atoms with Gasteiger partial charge in [-0.15, -0.1) is 0 Å². The average Bonchev–Trinajstić information content (AvgIpc) is 2.31. The van der Waals surface area contributed by atoms with Gasteiger partial charge in [-0.1, -0.05) is 13.8 Å². The van der Waals surface area contributed by atoms with E-state index in [-0.39, 0.29) is 11.9 Å². The lowest BCUT2D eigenvalue weighted by Crippen LogP contribution is -2.49. The second-order valence-corrected chi connectivity index (χ2v) is 4.64. The van der Waals surface area contributed by atoms with E-state index in [4.69, 9.17) is 5.73 Å². The van der Waals surface area contributed by atoms with Crippen LogP contribution in [0.15, 0.2) is 0 Å². The maximum atomic E-state index is 11.6. The summed E-state index contributed by atoms with van der Waals surface area (Å²) >= 11 is 0. The third kappa shape index (κ3) is 4.10. The molecule has 0 radical (unpaired) electrons. The van der Waals surface area contributed by atoms with E-state index in [9.17, 15) is 4.79 Å². The van der Waals surface area contributed by atoms with E-state index in [1.807, 2.05) is 6.92 Å². The second-order valence-electron chi connectivity index (χ2n) is 4.64. The van der Waals surface area contributed by atoms with Gasteiger partial charge in [-0.3, -0.25) is 4.79 Å². The molecule has 16 heavy (non-hydrogen) atoms. The van der Waals surface area contributed by atoms with Crippen LogP contribution in [0.4, 0.5) is 0 Å². The van der Waals surface area contributed by atoms with Crippen LogP contribution >= 0.6 is 0 Å². The highest BCUT2D eigenvalue weighted by Crippen LogP contribution is 2.10. The van der Waals surface area contributed by atoms with E-state index in [2.05, 4.69) is 17.1 Å². The fourth-order valence-electron chi connectivity index (χ4n) is 2.11. The van der Waals surface area contributed by atoms with Crippen LogP contribution in [0.2, 0.25) is 0 Å². The summed E-state index contributed by atoms with van der Waals surface area (Å²) in [5, 5.41) is 3.04. The molecule has 4 nitrogen and oxygen atoms in total. The molecule has 4 heteroatoms. The molecular formula is C12H25N3O. The Hall–Kier alpha value is -0.610. The molecule has 1 saturated heterocycles. The number of carbonyl (C=O) groups excluding carboxylic acids is 1. The zero-order valence-electron chi connectivity index (χ0n) is 10.5. The molecule has 0 aliphatic carbocycles. The summed E-state index contributed by atoms with van der Waals surface area (Å²) in [6.45, 7) is 7.51. The van der Waals surface area contributed by atoms with E-state index >= 15 is 0 Å². The van der Waals surface area contributed by atoms with Gasteiger partial charge in [0.05, 0.1) is 6.04 Å². The Kier molecular flexibility index (Phi) is 5.77. The number of nitrogens with two attached hydrogens (primary N) is 1. The number of amides is 1. The molecule has 1 amide bonds. The smallest absolute Gasteiger partial charge is 0.237 e. The molecule has 0 aromatic rings. The average molecular weight is 227 g/mol. The molecule has 1 aliphatic rings. The molecule has 0 saturated carbocycles. The van der Waals surface area contributed by atoms with E-state index in [1.54, 1.807) is 0 Å². The van der Waals surface area contributed by atoms with Crippen molar-refractivity contribution in [2.24, 2.45) is 5.73 Å². The molecule has 1 atom stereocenters. The van der Waals surface area contributed by atoms with Crippen LogP contribution in [0.25, 0.3) is 0 Å². The van der Waals surface area contributed by atoms with Crippen molar-refractivity contribution in [3.8, 4) is 0 Å². The van der Waals surface area contributed by atoms with Crippen LogP contribution in [-0.4, -0.2) is 42.5 Å². The number of hydrogen-bond donors (Lipinski definition) is 2. The molecule has 0 spiro atoms. The van der Waals surface area contributed by atoms with Gasteiger partial charge >= 0.3 is 0 Å². The van der Waals surface area contributed by atoms with Crippen LogP contribution in [-0.2, 0) is 4.79 Å². The number of carbonyl (C=O) groups is 1. The Morgan fingerprint density at radius 2 is 2.06 bits per heavy atom. The fraction of sp³-hybridized carbons (Fsp3) is 0.917. The van der Waals surface area contributed by atoms with Gasteiger partial charge in [-0.2, -0.15) is 0 Å². The summed E-state index contributed by atoms with van der Waals surface area (Å²) < 4.78 is 0. The lowest BCUT2D eigenvalue weighted by atomic mass is 10.0. The highest BCUT2D eigenvalue weighted by atomic mass is 16.2. The van der Waals surface area contributed by atoms with Gasteiger partial charge < -0.3 is 16.0 Å². The van der Waals surface area contributed by atoms with Crippen molar-refractivity contribution < 1.29 is 4.79 Å². The lowest BCUT2D eigenvalue weighted by molar-refractivity contribution is -0.123. The third-order valence-corrected chi connectivity index (χ3v) is 3.25. The quantitative estimate of drug-likeness (QED) is 0.727. The van der Waals surface area contributed by atoms with Crippen molar-refractivity contribution in [2.75, 3.05) is 19.6 Å². The van der Waals surface area contributed by atoms with Gasteiger partial charge in [0.1, 0.15) is 0 Å². The summed E-state index contributed by atoms with van der Waals surface area (Å²) in [6, 6.07) is -0.00752. The minimum Gasteiger partial charge on any atom is -0.352 e. The maximum Gasteiger partial charge on any atom is 0.237 e. The first kappa shape index (κ1) is 13.5. The molecule has 1 heterocycles. The SMILES string of the molecule is CCCN1CCC(NC(=O)C(N)CC)CC1. The standard InChI is InChI=1S/C12H25N3O/c1-3-7-15-8-5-10(6-9-15)14-12(16)11(13)4-2/h10-11H,3-9,13H2,1-2H3,(H,14,16). The topological polar surface area (TPSA) is 58.4 Å². The van der Waals surface area contributed by atoms with Gasteiger partial charge in [0.25, 0.3) is 0 Å². The third-order valence-electron chi connectivity index (χ3n) is 3.25. The molecule has 1 aliphatic heterocycles. The van der Waals surface area contributed by atoms with Crippen molar-refractivity contribution in [3.05, 3.63) is 0 Å². The number of nitrogens with zero attached hydrogens (tertiary/aromatic N) is 1. The fourth-order valence-corrected chi connectivity index (χ4v) is 2.11. The normalized spacial score (nSPS) is 20.7. The van der Waals surface area contributed by atoms with Crippen LogP contribution in [0.1, 0.15) is 39.5 Å². The first-order valence-corrected chi connectivity index (χ1v) is 6.45. The van der Waals surface area contributed by atoms with Gasteiger partial charge in [-0.05, 0) is 32.2 Å². The molecule has 1 fully saturated rings. The monoisotopic (exact) mass is 227 g/mol. The Morgan fingerprint density at radius 1 is 1.44 bits per heavy atom. The highest BCUT2D eigenvalue weighted by Gasteiger charge is 2.21.